The van der Waals surface area contributed by atoms with E-state index < -0.39 is 0 Å². The summed E-state index contributed by atoms with van der Waals surface area (Å²) in [6.07, 6.45) is 3.47. The van der Waals surface area contributed by atoms with Crippen molar-refractivity contribution < 1.29 is 4.52 Å². The van der Waals surface area contributed by atoms with Crippen LogP contribution in [0, 0.1) is 0 Å². The first-order chi connectivity index (χ1) is 7.31. The highest BCUT2D eigenvalue weighted by Crippen LogP contribution is 2.17. The molecule has 0 aliphatic rings. The zero-order valence-corrected chi connectivity index (χ0v) is 8.47. The van der Waals surface area contributed by atoms with Crippen molar-refractivity contribution in [1.82, 2.24) is 20.3 Å². The molecule has 2 aromatic heterocycles. The minimum atomic E-state index is -0.157. The van der Waals surface area contributed by atoms with Gasteiger partial charge in [0.05, 0.1) is 6.04 Å². The van der Waals surface area contributed by atoms with Crippen LogP contribution in [0.2, 0.25) is 0 Å². The maximum Gasteiger partial charge on any atom is 0.275 e. The highest BCUT2D eigenvalue weighted by atomic mass is 16.5. The van der Waals surface area contributed by atoms with E-state index in [0.717, 1.165) is 12.8 Å². The van der Waals surface area contributed by atoms with Gasteiger partial charge in [-0.1, -0.05) is 18.5 Å². The lowest BCUT2D eigenvalue weighted by Crippen LogP contribution is -2.11. The van der Waals surface area contributed by atoms with Crippen molar-refractivity contribution in [2.24, 2.45) is 5.73 Å². The van der Waals surface area contributed by atoms with Crippen molar-refractivity contribution >= 4 is 0 Å². The number of aromatic nitrogens is 4. The summed E-state index contributed by atoms with van der Waals surface area (Å²) in [5.41, 5.74) is 6.57. The summed E-state index contributed by atoms with van der Waals surface area (Å²) in [5, 5.41) is 10.4. The van der Waals surface area contributed by atoms with E-state index in [2.05, 4.69) is 27.3 Å². The van der Waals surface area contributed by atoms with Crippen LogP contribution in [0.4, 0.5) is 0 Å². The zero-order chi connectivity index (χ0) is 10.7. The second-order valence-corrected chi connectivity index (χ2v) is 3.32. The Balaban J connectivity index is 2.17. The van der Waals surface area contributed by atoms with Crippen molar-refractivity contribution in [2.45, 2.75) is 25.8 Å². The molecule has 6 heteroatoms. The Kier molecular flexibility index (Phi) is 2.77. The predicted octanol–water partition coefficient (Wildman–Crippen LogP) is 1.26. The molecule has 0 aliphatic heterocycles. The fourth-order valence-corrected chi connectivity index (χ4v) is 1.31. The molecule has 0 fully saturated rings. The molecule has 1 atom stereocenters. The molecule has 80 valence electrons. The van der Waals surface area contributed by atoms with Gasteiger partial charge in [-0.05, 0) is 12.5 Å². The maximum absolute atomic E-state index is 5.86. The third kappa shape index (κ3) is 2.04. The van der Waals surface area contributed by atoms with E-state index in [1.165, 1.54) is 0 Å². The first kappa shape index (κ1) is 9.85. The third-order valence-corrected chi connectivity index (χ3v) is 2.10. The minimum Gasteiger partial charge on any atom is -0.332 e. The summed E-state index contributed by atoms with van der Waals surface area (Å²) >= 11 is 0. The van der Waals surface area contributed by atoms with E-state index >= 15 is 0 Å². The van der Waals surface area contributed by atoms with Crippen LogP contribution >= 0.6 is 0 Å². The number of aromatic amines is 1. The Morgan fingerprint density at radius 1 is 1.60 bits per heavy atom. The SMILES string of the molecule is CCCC(N)c1noc(-c2ccn[nH]2)n1. The van der Waals surface area contributed by atoms with Gasteiger partial charge in [-0.25, -0.2) is 0 Å². The summed E-state index contributed by atoms with van der Waals surface area (Å²) < 4.78 is 5.06. The van der Waals surface area contributed by atoms with Gasteiger partial charge in [-0.15, -0.1) is 0 Å². The Bertz CT molecular complexity index is 408. The summed E-state index contributed by atoms with van der Waals surface area (Å²) in [5.74, 6) is 0.968. The molecule has 0 aliphatic carbocycles. The Hall–Kier alpha value is -1.69. The van der Waals surface area contributed by atoms with Crippen molar-refractivity contribution in [3.05, 3.63) is 18.1 Å². The van der Waals surface area contributed by atoms with Crippen LogP contribution in [-0.4, -0.2) is 20.3 Å². The topological polar surface area (TPSA) is 93.6 Å². The summed E-state index contributed by atoms with van der Waals surface area (Å²) in [7, 11) is 0. The average molecular weight is 207 g/mol. The van der Waals surface area contributed by atoms with Gasteiger partial charge in [0.25, 0.3) is 5.89 Å². The summed E-state index contributed by atoms with van der Waals surface area (Å²) in [4.78, 5) is 4.20. The van der Waals surface area contributed by atoms with Crippen LogP contribution in [0.15, 0.2) is 16.8 Å². The van der Waals surface area contributed by atoms with Crippen LogP contribution in [0.25, 0.3) is 11.6 Å². The van der Waals surface area contributed by atoms with Gasteiger partial charge in [0.1, 0.15) is 5.69 Å². The van der Waals surface area contributed by atoms with Crippen molar-refractivity contribution in [1.29, 1.82) is 0 Å². The molecule has 0 bridgehead atoms. The fourth-order valence-electron chi connectivity index (χ4n) is 1.31. The van der Waals surface area contributed by atoms with E-state index in [9.17, 15) is 0 Å². The van der Waals surface area contributed by atoms with E-state index in [-0.39, 0.29) is 6.04 Å². The van der Waals surface area contributed by atoms with Gasteiger partial charge in [0, 0.05) is 6.20 Å². The monoisotopic (exact) mass is 207 g/mol. The molecule has 0 saturated heterocycles. The van der Waals surface area contributed by atoms with Gasteiger partial charge in [-0.2, -0.15) is 10.1 Å². The number of H-pyrrole nitrogens is 1. The van der Waals surface area contributed by atoms with E-state index in [0.29, 0.717) is 17.4 Å². The zero-order valence-electron chi connectivity index (χ0n) is 8.47. The number of hydrogen-bond donors (Lipinski definition) is 2. The number of hydrogen-bond acceptors (Lipinski definition) is 5. The lowest BCUT2D eigenvalue weighted by molar-refractivity contribution is 0.412. The van der Waals surface area contributed by atoms with Crippen LogP contribution in [0.1, 0.15) is 31.6 Å². The highest BCUT2D eigenvalue weighted by molar-refractivity contribution is 5.44. The molecule has 0 radical (unpaired) electrons. The quantitative estimate of drug-likeness (QED) is 0.787. The average Bonchev–Trinajstić information content (AvgIpc) is 2.89. The lowest BCUT2D eigenvalue weighted by Gasteiger charge is -2.02. The molecule has 0 spiro atoms. The molecule has 6 nitrogen and oxygen atoms in total. The molecule has 15 heavy (non-hydrogen) atoms. The van der Waals surface area contributed by atoms with Crippen LogP contribution < -0.4 is 5.73 Å². The molecular weight excluding hydrogens is 194 g/mol. The second-order valence-electron chi connectivity index (χ2n) is 3.32. The standard InChI is InChI=1S/C9H13N5O/c1-2-3-6(10)8-12-9(15-14-8)7-4-5-11-13-7/h4-6H,2-3,10H2,1H3,(H,11,13). The second kappa shape index (κ2) is 4.22. The predicted molar refractivity (Wildman–Crippen MR) is 53.7 cm³/mol. The first-order valence-electron chi connectivity index (χ1n) is 4.90. The molecular formula is C9H13N5O. The van der Waals surface area contributed by atoms with Gasteiger partial charge < -0.3 is 10.3 Å². The largest absolute Gasteiger partial charge is 0.332 e. The van der Waals surface area contributed by atoms with Crippen LogP contribution in [0.5, 0.6) is 0 Å². The van der Waals surface area contributed by atoms with Gasteiger partial charge >= 0.3 is 0 Å². The van der Waals surface area contributed by atoms with E-state index in [1.54, 1.807) is 12.3 Å². The highest BCUT2D eigenvalue weighted by Gasteiger charge is 2.14. The molecule has 0 aromatic carbocycles. The van der Waals surface area contributed by atoms with Crippen molar-refractivity contribution in [3.63, 3.8) is 0 Å². The lowest BCUT2D eigenvalue weighted by atomic mass is 10.2. The molecule has 2 aromatic rings. The molecule has 0 amide bonds. The van der Waals surface area contributed by atoms with Crippen LogP contribution in [-0.2, 0) is 0 Å². The van der Waals surface area contributed by atoms with Gasteiger partial charge in [0.2, 0.25) is 0 Å². The number of nitrogens with one attached hydrogen (secondary N) is 1. The molecule has 1 unspecified atom stereocenters. The normalized spacial score (nSPS) is 12.9. The minimum absolute atomic E-state index is 0.157. The molecule has 3 N–H and O–H groups in total. The smallest absolute Gasteiger partial charge is 0.275 e. The molecule has 2 rings (SSSR count). The first-order valence-corrected chi connectivity index (χ1v) is 4.90. The number of rotatable bonds is 4. The fraction of sp³-hybridized carbons (Fsp3) is 0.444. The number of nitrogens with zero attached hydrogens (tertiary/aromatic N) is 3. The van der Waals surface area contributed by atoms with Gasteiger partial charge in [0.15, 0.2) is 5.82 Å². The summed E-state index contributed by atoms with van der Waals surface area (Å²) in [6.45, 7) is 2.07. The maximum atomic E-state index is 5.86. The van der Waals surface area contributed by atoms with E-state index in [4.69, 9.17) is 10.3 Å². The Labute approximate surface area is 86.9 Å². The Morgan fingerprint density at radius 3 is 3.13 bits per heavy atom. The third-order valence-electron chi connectivity index (χ3n) is 2.10. The van der Waals surface area contributed by atoms with Crippen LogP contribution in [0.3, 0.4) is 0 Å². The molecule has 2 heterocycles. The molecule has 0 saturated carbocycles. The van der Waals surface area contributed by atoms with Crippen molar-refractivity contribution in [2.75, 3.05) is 0 Å². The number of nitrogens with two attached hydrogens (primary N) is 1. The summed E-state index contributed by atoms with van der Waals surface area (Å²) in [6, 6.07) is 1.61. The van der Waals surface area contributed by atoms with Crippen molar-refractivity contribution in [3.8, 4) is 11.6 Å². The van der Waals surface area contributed by atoms with Gasteiger partial charge in [-0.3, -0.25) is 5.10 Å². The Morgan fingerprint density at radius 2 is 2.47 bits per heavy atom. The van der Waals surface area contributed by atoms with E-state index in [1.807, 2.05) is 0 Å².